The number of aryl methyl sites for hydroxylation is 2. The first-order valence-electron chi connectivity index (χ1n) is 6.79. The smallest absolute Gasteiger partial charge is 0.211 e. The van der Waals surface area contributed by atoms with E-state index in [-0.39, 0.29) is 18.1 Å². The van der Waals surface area contributed by atoms with Crippen molar-refractivity contribution >= 4 is 10.0 Å². The summed E-state index contributed by atoms with van der Waals surface area (Å²) < 4.78 is 39.6. The molecule has 0 unspecified atom stereocenters. The second kappa shape index (κ2) is 7.71. The van der Waals surface area contributed by atoms with E-state index in [1.807, 2.05) is 6.92 Å². The molecule has 2 N–H and O–H groups in total. The normalized spacial score (nSPS) is 11.8. The molecule has 4 nitrogen and oxygen atoms in total. The maximum atomic E-state index is 13.5. The molecule has 0 fully saturated rings. The van der Waals surface area contributed by atoms with E-state index in [4.69, 9.17) is 0 Å². The van der Waals surface area contributed by atoms with Crippen molar-refractivity contribution in [2.24, 2.45) is 0 Å². The molecule has 0 aromatic heterocycles. The standard InChI is InChI=1S/C14H23FN2O2S/c1-4-16-6-5-7-20(18,19)17-10-13-8-11(2)14(15)12(3)9-13/h8-9,16-17H,4-7,10H2,1-3H3. The molecule has 0 heterocycles. The first-order chi connectivity index (χ1) is 9.35. The van der Waals surface area contributed by atoms with Gasteiger partial charge in [-0.05, 0) is 50.0 Å². The topological polar surface area (TPSA) is 58.2 Å². The summed E-state index contributed by atoms with van der Waals surface area (Å²) in [6.45, 7) is 7.05. The van der Waals surface area contributed by atoms with Gasteiger partial charge in [-0.3, -0.25) is 0 Å². The third-order valence-electron chi connectivity index (χ3n) is 3.01. The lowest BCUT2D eigenvalue weighted by Crippen LogP contribution is -2.28. The van der Waals surface area contributed by atoms with E-state index in [1.165, 1.54) is 0 Å². The van der Waals surface area contributed by atoms with Crippen molar-refractivity contribution in [2.75, 3.05) is 18.8 Å². The Bertz CT molecular complexity index is 521. The van der Waals surface area contributed by atoms with Crippen molar-refractivity contribution in [1.82, 2.24) is 10.0 Å². The predicted molar refractivity (Wildman–Crippen MR) is 79.7 cm³/mol. The highest BCUT2D eigenvalue weighted by molar-refractivity contribution is 7.89. The van der Waals surface area contributed by atoms with Crippen molar-refractivity contribution in [1.29, 1.82) is 0 Å². The number of benzene rings is 1. The molecule has 0 atom stereocenters. The molecule has 0 radical (unpaired) electrons. The molecule has 1 aromatic rings. The van der Waals surface area contributed by atoms with Crippen LogP contribution < -0.4 is 10.0 Å². The zero-order valence-corrected chi connectivity index (χ0v) is 13.1. The first kappa shape index (κ1) is 17.1. The zero-order valence-electron chi connectivity index (χ0n) is 12.3. The third kappa shape index (κ3) is 5.56. The third-order valence-corrected chi connectivity index (χ3v) is 4.42. The summed E-state index contributed by atoms with van der Waals surface area (Å²) >= 11 is 0. The molecule has 0 aliphatic rings. The van der Waals surface area contributed by atoms with Gasteiger partial charge in [0.1, 0.15) is 5.82 Å². The monoisotopic (exact) mass is 302 g/mol. The van der Waals surface area contributed by atoms with Crippen LogP contribution in [0.25, 0.3) is 0 Å². The second-order valence-electron chi connectivity index (χ2n) is 4.89. The van der Waals surface area contributed by atoms with Crippen molar-refractivity contribution < 1.29 is 12.8 Å². The number of nitrogens with one attached hydrogen (secondary N) is 2. The van der Waals surface area contributed by atoms with E-state index in [2.05, 4.69) is 10.0 Å². The van der Waals surface area contributed by atoms with E-state index in [9.17, 15) is 12.8 Å². The van der Waals surface area contributed by atoms with Gasteiger partial charge in [0.25, 0.3) is 0 Å². The molecule has 1 rings (SSSR count). The van der Waals surface area contributed by atoms with Gasteiger partial charge in [-0.25, -0.2) is 17.5 Å². The average Bonchev–Trinajstić information content (AvgIpc) is 2.39. The highest BCUT2D eigenvalue weighted by atomic mass is 32.2. The molecule has 0 saturated heterocycles. The lowest BCUT2D eigenvalue weighted by molar-refractivity contribution is 0.575. The maximum absolute atomic E-state index is 13.5. The Morgan fingerprint density at radius 3 is 2.35 bits per heavy atom. The molecule has 114 valence electrons. The Balaban J connectivity index is 2.54. The summed E-state index contributed by atoms with van der Waals surface area (Å²) in [7, 11) is -3.28. The van der Waals surface area contributed by atoms with Crippen LogP contribution in [-0.4, -0.2) is 27.3 Å². The van der Waals surface area contributed by atoms with Crippen molar-refractivity contribution in [3.63, 3.8) is 0 Å². The second-order valence-corrected chi connectivity index (χ2v) is 6.82. The highest BCUT2D eigenvalue weighted by Crippen LogP contribution is 2.14. The van der Waals surface area contributed by atoms with Gasteiger partial charge < -0.3 is 5.32 Å². The summed E-state index contributed by atoms with van der Waals surface area (Å²) in [5.41, 5.74) is 1.84. The Labute approximate surface area is 120 Å². The molecule has 0 spiro atoms. The van der Waals surface area contributed by atoms with Crippen LogP contribution in [0, 0.1) is 19.7 Å². The van der Waals surface area contributed by atoms with Gasteiger partial charge in [-0.1, -0.05) is 19.1 Å². The van der Waals surface area contributed by atoms with E-state index in [0.29, 0.717) is 24.1 Å². The summed E-state index contributed by atoms with van der Waals surface area (Å²) in [5, 5.41) is 3.08. The Morgan fingerprint density at radius 1 is 1.20 bits per heavy atom. The summed E-state index contributed by atoms with van der Waals surface area (Å²) in [6, 6.07) is 3.34. The van der Waals surface area contributed by atoms with Crippen LogP contribution in [0.3, 0.4) is 0 Å². The SMILES string of the molecule is CCNCCCS(=O)(=O)NCc1cc(C)c(F)c(C)c1. The van der Waals surface area contributed by atoms with Crippen molar-refractivity contribution in [3.8, 4) is 0 Å². The fourth-order valence-electron chi connectivity index (χ4n) is 1.97. The van der Waals surface area contributed by atoms with Gasteiger partial charge in [0.2, 0.25) is 10.0 Å². The number of hydrogen-bond acceptors (Lipinski definition) is 3. The van der Waals surface area contributed by atoms with Crippen LogP contribution in [0.4, 0.5) is 4.39 Å². The first-order valence-corrected chi connectivity index (χ1v) is 8.44. The number of rotatable bonds is 8. The molecule has 0 aliphatic heterocycles. The lowest BCUT2D eigenvalue weighted by Gasteiger charge is -2.09. The van der Waals surface area contributed by atoms with E-state index in [0.717, 1.165) is 12.1 Å². The largest absolute Gasteiger partial charge is 0.317 e. The summed E-state index contributed by atoms with van der Waals surface area (Å²) in [4.78, 5) is 0. The summed E-state index contributed by atoms with van der Waals surface area (Å²) in [5.74, 6) is -0.138. The van der Waals surface area contributed by atoms with E-state index in [1.54, 1.807) is 26.0 Å². The average molecular weight is 302 g/mol. The minimum atomic E-state index is -3.28. The zero-order chi connectivity index (χ0) is 15.2. The minimum absolute atomic E-state index is 0.0964. The Morgan fingerprint density at radius 2 is 1.80 bits per heavy atom. The molecule has 6 heteroatoms. The van der Waals surface area contributed by atoms with Gasteiger partial charge in [-0.15, -0.1) is 0 Å². The Kier molecular flexibility index (Phi) is 6.58. The molecular formula is C14H23FN2O2S. The molecular weight excluding hydrogens is 279 g/mol. The van der Waals surface area contributed by atoms with Gasteiger partial charge >= 0.3 is 0 Å². The number of sulfonamides is 1. The maximum Gasteiger partial charge on any atom is 0.211 e. The Hall–Kier alpha value is -0.980. The quantitative estimate of drug-likeness (QED) is 0.721. The fourth-order valence-corrected chi connectivity index (χ4v) is 3.02. The van der Waals surface area contributed by atoms with Crippen LogP contribution in [0.1, 0.15) is 30.0 Å². The lowest BCUT2D eigenvalue weighted by atomic mass is 10.1. The molecule has 0 amide bonds. The van der Waals surface area contributed by atoms with E-state index >= 15 is 0 Å². The van der Waals surface area contributed by atoms with Crippen LogP contribution in [0.2, 0.25) is 0 Å². The number of hydrogen-bond donors (Lipinski definition) is 2. The van der Waals surface area contributed by atoms with Gasteiger partial charge in [0.15, 0.2) is 0 Å². The van der Waals surface area contributed by atoms with Gasteiger partial charge in [0.05, 0.1) is 5.75 Å². The van der Waals surface area contributed by atoms with Gasteiger partial charge in [0, 0.05) is 6.54 Å². The highest BCUT2D eigenvalue weighted by Gasteiger charge is 2.10. The molecule has 0 bridgehead atoms. The molecule has 0 aliphatic carbocycles. The van der Waals surface area contributed by atoms with Crippen LogP contribution in [0.5, 0.6) is 0 Å². The van der Waals surface area contributed by atoms with Crippen molar-refractivity contribution in [2.45, 2.75) is 33.7 Å². The minimum Gasteiger partial charge on any atom is -0.317 e. The van der Waals surface area contributed by atoms with Crippen LogP contribution in [0.15, 0.2) is 12.1 Å². The predicted octanol–water partition coefficient (Wildman–Crippen LogP) is 1.86. The molecule has 1 aromatic carbocycles. The van der Waals surface area contributed by atoms with Crippen LogP contribution >= 0.6 is 0 Å². The fraction of sp³-hybridized carbons (Fsp3) is 0.571. The van der Waals surface area contributed by atoms with Crippen LogP contribution in [-0.2, 0) is 16.6 Å². The van der Waals surface area contributed by atoms with E-state index < -0.39 is 10.0 Å². The molecule has 20 heavy (non-hydrogen) atoms. The van der Waals surface area contributed by atoms with Crippen molar-refractivity contribution in [3.05, 3.63) is 34.6 Å². The summed E-state index contributed by atoms with van der Waals surface area (Å²) in [6.07, 6.45) is 0.574. The molecule has 0 saturated carbocycles. The van der Waals surface area contributed by atoms with Gasteiger partial charge in [-0.2, -0.15) is 0 Å². The number of halogens is 1.